The van der Waals surface area contributed by atoms with Crippen LogP contribution in [0, 0.1) is 0 Å². The standard InChI is InChI=1S/C22H31N3O3/c1-6-15-13-20(26)25-12-10-16(14-18(25)17(15)7-2)24-11-8-9-19(24)23-21(27)28-22(3,4)5/h10,12-14,19H,6-9,11H2,1-5H3,(H,23,27). The molecule has 0 aliphatic carbocycles. The Morgan fingerprint density at radius 3 is 2.64 bits per heavy atom. The van der Waals surface area contributed by atoms with Gasteiger partial charge in [0.15, 0.2) is 0 Å². The van der Waals surface area contributed by atoms with Crippen molar-refractivity contribution in [3.05, 3.63) is 45.9 Å². The molecule has 0 spiro atoms. The summed E-state index contributed by atoms with van der Waals surface area (Å²) in [6.07, 6.45) is 4.91. The lowest BCUT2D eigenvalue weighted by Gasteiger charge is -2.29. The molecule has 2 aromatic rings. The van der Waals surface area contributed by atoms with Gasteiger partial charge in [0.2, 0.25) is 0 Å². The van der Waals surface area contributed by atoms with Crippen molar-refractivity contribution in [3.8, 4) is 0 Å². The Hall–Kier alpha value is -2.50. The number of nitrogens with one attached hydrogen (secondary N) is 1. The number of fused-ring (bicyclic) bond motifs is 1. The monoisotopic (exact) mass is 385 g/mol. The third-order valence-corrected chi connectivity index (χ3v) is 5.17. The number of carbonyl (C=O) groups excluding carboxylic acids is 1. The molecule has 1 saturated heterocycles. The van der Waals surface area contributed by atoms with Crippen molar-refractivity contribution >= 4 is 17.3 Å². The molecule has 1 aliphatic rings. The van der Waals surface area contributed by atoms with Crippen LogP contribution in [0.4, 0.5) is 10.5 Å². The number of hydrogen-bond acceptors (Lipinski definition) is 4. The van der Waals surface area contributed by atoms with Gasteiger partial charge in [-0.3, -0.25) is 9.20 Å². The molecule has 0 saturated carbocycles. The zero-order valence-corrected chi connectivity index (χ0v) is 17.5. The van der Waals surface area contributed by atoms with Crippen LogP contribution >= 0.6 is 0 Å². The van der Waals surface area contributed by atoms with Crippen molar-refractivity contribution in [2.75, 3.05) is 11.4 Å². The number of anilines is 1. The van der Waals surface area contributed by atoms with Gasteiger partial charge in [-0.2, -0.15) is 0 Å². The third kappa shape index (κ3) is 4.16. The summed E-state index contributed by atoms with van der Waals surface area (Å²) in [6, 6.07) is 5.78. The summed E-state index contributed by atoms with van der Waals surface area (Å²) >= 11 is 0. The molecule has 3 rings (SSSR count). The maximum absolute atomic E-state index is 12.5. The zero-order valence-electron chi connectivity index (χ0n) is 17.5. The summed E-state index contributed by atoms with van der Waals surface area (Å²) < 4.78 is 7.13. The minimum Gasteiger partial charge on any atom is -0.444 e. The first-order chi connectivity index (χ1) is 13.2. The van der Waals surface area contributed by atoms with Gasteiger partial charge in [-0.25, -0.2) is 4.79 Å². The van der Waals surface area contributed by atoms with Gasteiger partial charge in [-0.1, -0.05) is 13.8 Å². The Kier molecular flexibility index (Phi) is 5.68. The largest absolute Gasteiger partial charge is 0.444 e. The predicted molar refractivity (Wildman–Crippen MR) is 112 cm³/mol. The van der Waals surface area contributed by atoms with Gasteiger partial charge >= 0.3 is 6.09 Å². The molecule has 1 fully saturated rings. The molecular formula is C22H31N3O3. The maximum Gasteiger partial charge on any atom is 0.409 e. The Labute approximate surface area is 166 Å². The summed E-state index contributed by atoms with van der Waals surface area (Å²) in [6.45, 7) is 10.6. The van der Waals surface area contributed by atoms with Crippen LogP contribution < -0.4 is 15.8 Å². The van der Waals surface area contributed by atoms with Crippen molar-refractivity contribution in [1.82, 2.24) is 9.72 Å². The minimum atomic E-state index is -0.524. The van der Waals surface area contributed by atoms with E-state index in [2.05, 4.69) is 30.1 Å². The van der Waals surface area contributed by atoms with Gasteiger partial charge in [-0.15, -0.1) is 0 Å². The fourth-order valence-electron chi connectivity index (χ4n) is 3.96. The second-order valence-corrected chi connectivity index (χ2v) is 8.33. The summed E-state index contributed by atoms with van der Waals surface area (Å²) in [5, 5.41) is 2.99. The molecule has 1 N–H and O–H groups in total. The van der Waals surface area contributed by atoms with E-state index >= 15 is 0 Å². The van der Waals surface area contributed by atoms with E-state index in [9.17, 15) is 9.59 Å². The molecule has 6 heteroatoms. The molecule has 2 aromatic heterocycles. The highest BCUT2D eigenvalue weighted by Crippen LogP contribution is 2.27. The van der Waals surface area contributed by atoms with E-state index in [0.717, 1.165) is 49.0 Å². The first kappa shape index (κ1) is 20.2. The molecular weight excluding hydrogens is 354 g/mol. The normalized spacial score (nSPS) is 17.2. The number of nitrogens with zero attached hydrogens (tertiary/aromatic N) is 2. The average Bonchev–Trinajstić information content (AvgIpc) is 3.07. The lowest BCUT2D eigenvalue weighted by Crippen LogP contribution is -2.46. The maximum atomic E-state index is 12.5. The number of rotatable bonds is 4. The number of carbonyl (C=O) groups is 1. The second-order valence-electron chi connectivity index (χ2n) is 8.33. The molecule has 1 atom stereocenters. The average molecular weight is 386 g/mol. The van der Waals surface area contributed by atoms with Crippen LogP contribution in [0.25, 0.3) is 5.52 Å². The van der Waals surface area contributed by atoms with Crippen LogP contribution in [0.5, 0.6) is 0 Å². The second kappa shape index (κ2) is 7.86. The molecule has 1 aliphatic heterocycles. The Morgan fingerprint density at radius 2 is 2.00 bits per heavy atom. The van der Waals surface area contributed by atoms with E-state index in [4.69, 9.17) is 4.74 Å². The molecule has 0 bridgehead atoms. The van der Waals surface area contributed by atoms with Crippen LogP contribution in [0.15, 0.2) is 29.2 Å². The quantitative estimate of drug-likeness (QED) is 0.868. The van der Waals surface area contributed by atoms with Gasteiger partial charge in [0.05, 0.1) is 5.52 Å². The van der Waals surface area contributed by atoms with Gasteiger partial charge < -0.3 is 15.0 Å². The highest BCUT2D eigenvalue weighted by Gasteiger charge is 2.28. The topological polar surface area (TPSA) is 63.0 Å². The van der Waals surface area contributed by atoms with Gasteiger partial charge in [-0.05, 0) is 69.7 Å². The summed E-state index contributed by atoms with van der Waals surface area (Å²) in [4.78, 5) is 26.9. The minimum absolute atomic E-state index is 0.000418. The van der Waals surface area contributed by atoms with Crippen molar-refractivity contribution in [2.45, 2.75) is 72.1 Å². The number of aryl methyl sites for hydroxylation is 2. The lowest BCUT2D eigenvalue weighted by atomic mass is 10.0. The number of amides is 1. The summed E-state index contributed by atoms with van der Waals surface area (Å²) in [7, 11) is 0. The number of ether oxygens (including phenoxy) is 1. The van der Waals surface area contributed by atoms with Crippen LogP contribution in [0.3, 0.4) is 0 Å². The lowest BCUT2D eigenvalue weighted by molar-refractivity contribution is 0.0506. The molecule has 1 unspecified atom stereocenters. The van der Waals surface area contributed by atoms with Gasteiger partial charge in [0, 0.05) is 24.5 Å². The van der Waals surface area contributed by atoms with E-state index in [1.54, 1.807) is 10.5 Å². The first-order valence-corrected chi connectivity index (χ1v) is 10.2. The third-order valence-electron chi connectivity index (χ3n) is 5.17. The van der Waals surface area contributed by atoms with Gasteiger partial charge in [0.1, 0.15) is 11.8 Å². The fraction of sp³-hybridized carbons (Fsp3) is 0.545. The molecule has 0 radical (unpaired) electrons. The molecule has 28 heavy (non-hydrogen) atoms. The number of hydrogen-bond donors (Lipinski definition) is 1. The van der Waals surface area contributed by atoms with Crippen molar-refractivity contribution in [2.24, 2.45) is 0 Å². The first-order valence-electron chi connectivity index (χ1n) is 10.2. The Morgan fingerprint density at radius 1 is 1.25 bits per heavy atom. The zero-order chi connectivity index (χ0) is 20.5. The number of pyridine rings is 2. The van der Waals surface area contributed by atoms with E-state index < -0.39 is 11.7 Å². The van der Waals surface area contributed by atoms with E-state index in [0.29, 0.717) is 0 Å². The fourth-order valence-corrected chi connectivity index (χ4v) is 3.96. The number of alkyl carbamates (subject to hydrolysis) is 1. The predicted octanol–water partition coefficient (Wildman–Crippen LogP) is 3.88. The molecule has 6 nitrogen and oxygen atoms in total. The molecule has 3 heterocycles. The van der Waals surface area contributed by atoms with Crippen LogP contribution in [-0.4, -0.2) is 28.8 Å². The van der Waals surface area contributed by atoms with E-state index in [1.807, 2.05) is 33.0 Å². The smallest absolute Gasteiger partial charge is 0.409 e. The number of aromatic nitrogens is 1. The van der Waals surface area contributed by atoms with Crippen molar-refractivity contribution < 1.29 is 9.53 Å². The van der Waals surface area contributed by atoms with E-state index in [1.165, 1.54) is 5.56 Å². The van der Waals surface area contributed by atoms with Crippen LogP contribution in [0.2, 0.25) is 0 Å². The van der Waals surface area contributed by atoms with Crippen LogP contribution in [0.1, 0.15) is 58.6 Å². The highest BCUT2D eigenvalue weighted by molar-refractivity contribution is 5.70. The SMILES string of the molecule is CCc1cc(=O)n2ccc(N3CCCC3NC(=O)OC(C)(C)C)cc2c1CC. The van der Waals surface area contributed by atoms with Crippen LogP contribution in [-0.2, 0) is 17.6 Å². The Balaban J connectivity index is 1.94. The van der Waals surface area contributed by atoms with Gasteiger partial charge in [0.25, 0.3) is 5.56 Å². The highest BCUT2D eigenvalue weighted by atomic mass is 16.6. The Bertz CT molecular complexity index is 927. The molecule has 0 aromatic carbocycles. The summed E-state index contributed by atoms with van der Waals surface area (Å²) in [5.41, 5.74) is 3.76. The summed E-state index contributed by atoms with van der Waals surface area (Å²) in [5.74, 6) is 0. The molecule has 1 amide bonds. The van der Waals surface area contributed by atoms with E-state index in [-0.39, 0.29) is 11.7 Å². The van der Waals surface area contributed by atoms with Crippen molar-refractivity contribution in [3.63, 3.8) is 0 Å². The molecule has 152 valence electrons. The van der Waals surface area contributed by atoms with Crippen molar-refractivity contribution in [1.29, 1.82) is 0 Å².